The third-order valence-electron chi connectivity index (χ3n) is 5.45. The molecule has 0 aliphatic carbocycles. The van der Waals surface area contributed by atoms with E-state index in [1.807, 2.05) is 0 Å². The lowest BCUT2D eigenvalue weighted by Crippen LogP contribution is -2.55. The van der Waals surface area contributed by atoms with E-state index in [1.54, 1.807) is 0 Å². The fourth-order valence-corrected chi connectivity index (χ4v) is 3.52. The molecule has 2 rings (SSSR count). The number of rotatable bonds is 4. The molecule has 18 heavy (non-hydrogen) atoms. The van der Waals surface area contributed by atoms with Crippen molar-refractivity contribution in [2.75, 3.05) is 32.7 Å². The first-order valence-electron chi connectivity index (χ1n) is 7.77. The molecular weight excluding hydrogens is 222 g/mol. The van der Waals surface area contributed by atoms with Crippen molar-refractivity contribution in [1.29, 1.82) is 0 Å². The van der Waals surface area contributed by atoms with Gasteiger partial charge in [0.15, 0.2) is 0 Å². The molecule has 3 nitrogen and oxygen atoms in total. The molecule has 0 spiro atoms. The van der Waals surface area contributed by atoms with Gasteiger partial charge in [-0.15, -0.1) is 0 Å². The smallest absolute Gasteiger partial charge is 0.0327 e. The Hall–Kier alpha value is -0.120. The van der Waals surface area contributed by atoms with Gasteiger partial charge in [0.25, 0.3) is 0 Å². The number of nitrogens with two attached hydrogens (primary N) is 1. The van der Waals surface area contributed by atoms with Crippen molar-refractivity contribution < 1.29 is 0 Å². The molecule has 0 aromatic rings. The van der Waals surface area contributed by atoms with E-state index in [4.69, 9.17) is 5.73 Å². The lowest BCUT2D eigenvalue weighted by atomic mass is 9.87. The minimum Gasteiger partial charge on any atom is -0.329 e. The highest BCUT2D eigenvalue weighted by Crippen LogP contribution is 2.30. The molecule has 2 aliphatic heterocycles. The summed E-state index contributed by atoms with van der Waals surface area (Å²) in [5.74, 6) is 0.627. The molecule has 2 aliphatic rings. The van der Waals surface area contributed by atoms with Crippen molar-refractivity contribution in [3.8, 4) is 0 Å². The Kier molecular flexibility index (Phi) is 4.68. The second kappa shape index (κ2) is 5.89. The van der Waals surface area contributed by atoms with Gasteiger partial charge >= 0.3 is 0 Å². The van der Waals surface area contributed by atoms with Gasteiger partial charge in [0.2, 0.25) is 0 Å². The van der Waals surface area contributed by atoms with Crippen molar-refractivity contribution in [2.45, 2.75) is 58.0 Å². The van der Waals surface area contributed by atoms with Crippen LogP contribution in [-0.4, -0.2) is 54.1 Å². The Balaban J connectivity index is 1.94. The van der Waals surface area contributed by atoms with Crippen molar-refractivity contribution in [3.05, 3.63) is 0 Å². The molecule has 0 amide bonds. The predicted octanol–water partition coefficient (Wildman–Crippen LogP) is 1.92. The summed E-state index contributed by atoms with van der Waals surface area (Å²) in [6.45, 7) is 12.8. The molecule has 2 N–H and O–H groups in total. The Morgan fingerprint density at radius 3 is 2.39 bits per heavy atom. The topological polar surface area (TPSA) is 32.5 Å². The predicted molar refractivity (Wildman–Crippen MR) is 77.7 cm³/mol. The monoisotopic (exact) mass is 253 g/mol. The molecule has 0 aromatic carbocycles. The van der Waals surface area contributed by atoms with E-state index < -0.39 is 0 Å². The summed E-state index contributed by atoms with van der Waals surface area (Å²) >= 11 is 0. The second-order valence-corrected chi connectivity index (χ2v) is 6.70. The molecule has 2 heterocycles. The van der Waals surface area contributed by atoms with Crippen LogP contribution in [0.1, 0.15) is 46.5 Å². The average Bonchev–Trinajstić information content (AvgIpc) is 2.88. The number of nitrogens with zero attached hydrogens (tertiary/aromatic N) is 2. The van der Waals surface area contributed by atoms with Crippen LogP contribution in [0.25, 0.3) is 0 Å². The number of hydrogen-bond donors (Lipinski definition) is 1. The molecule has 106 valence electrons. The zero-order chi connectivity index (χ0) is 13.2. The van der Waals surface area contributed by atoms with Crippen molar-refractivity contribution in [2.24, 2.45) is 11.7 Å². The first-order chi connectivity index (χ1) is 8.58. The molecule has 2 saturated heterocycles. The summed E-state index contributed by atoms with van der Waals surface area (Å²) < 4.78 is 0. The number of likely N-dealkylation sites (tertiary alicyclic amines) is 2. The summed E-state index contributed by atoms with van der Waals surface area (Å²) in [7, 11) is 0. The van der Waals surface area contributed by atoms with Crippen molar-refractivity contribution in [3.63, 3.8) is 0 Å². The molecule has 0 saturated carbocycles. The van der Waals surface area contributed by atoms with Crippen LogP contribution in [0, 0.1) is 5.92 Å². The van der Waals surface area contributed by atoms with Gasteiger partial charge in [-0.25, -0.2) is 0 Å². The van der Waals surface area contributed by atoms with Crippen LogP contribution in [0.3, 0.4) is 0 Å². The maximum Gasteiger partial charge on any atom is 0.0327 e. The Morgan fingerprint density at radius 1 is 1.17 bits per heavy atom. The minimum absolute atomic E-state index is 0.185. The van der Waals surface area contributed by atoms with Gasteiger partial charge in [-0.2, -0.15) is 0 Å². The van der Waals surface area contributed by atoms with Crippen LogP contribution in [-0.2, 0) is 0 Å². The fraction of sp³-hybridized carbons (Fsp3) is 1.00. The van der Waals surface area contributed by atoms with Gasteiger partial charge in [0.05, 0.1) is 0 Å². The summed E-state index contributed by atoms with van der Waals surface area (Å²) in [6.07, 6.45) is 5.56. The van der Waals surface area contributed by atoms with Crippen molar-refractivity contribution in [1.82, 2.24) is 9.80 Å². The van der Waals surface area contributed by atoms with Gasteiger partial charge < -0.3 is 5.73 Å². The van der Waals surface area contributed by atoms with Crippen LogP contribution in [0.2, 0.25) is 0 Å². The van der Waals surface area contributed by atoms with E-state index >= 15 is 0 Å². The molecule has 0 radical (unpaired) electrons. The molecular formula is C15H31N3. The van der Waals surface area contributed by atoms with Gasteiger partial charge in [0.1, 0.15) is 0 Å². The SMILES string of the molecule is CC(C)C(C)(CN)N1CCC(N2CCCCC2)C1. The third-order valence-corrected chi connectivity index (χ3v) is 5.45. The highest BCUT2D eigenvalue weighted by molar-refractivity contribution is 4.96. The molecule has 3 heteroatoms. The standard InChI is InChI=1S/C15H31N3/c1-13(2)15(3,12-16)18-10-7-14(11-18)17-8-5-4-6-9-17/h13-14H,4-12,16H2,1-3H3. The molecule has 0 aromatic heterocycles. The molecule has 2 atom stereocenters. The van der Waals surface area contributed by atoms with Gasteiger partial charge in [-0.3, -0.25) is 9.80 Å². The fourth-order valence-electron chi connectivity index (χ4n) is 3.52. The van der Waals surface area contributed by atoms with E-state index in [0.29, 0.717) is 5.92 Å². The Morgan fingerprint density at radius 2 is 1.83 bits per heavy atom. The quantitative estimate of drug-likeness (QED) is 0.831. The highest BCUT2D eigenvalue weighted by atomic mass is 15.3. The zero-order valence-corrected chi connectivity index (χ0v) is 12.5. The average molecular weight is 253 g/mol. The van der Waals surface area contributed by atoms with Gasteiger partial charge in [-0.05, 0) is 45.2 Å². The highest BCUT2D eigenvalue weighted by Gasteiger charge is 2.39. The van der Waals surface area contributed by atoms with Gasteiger partial charge in [0, 0.05) is 31.2 Å². The molecule has 0 bridgehead atoms. The minimum atomic E-state index is 0.185. The maximum atomic E-state index is 6.06. The summed E-state index contributed by atoms with van der Waals surface area (Å²) in [4.78, 5) is 5.37. The number of hydrogen-bond acceptors (Lipinski definition) is 3. The lowest BCUT2D eigenvalue weighted by molar-refractivity contribution is 0.0776. The Labute approximate surface area is 113 Å². The van der Waals surface area contributed by atoms with Gasteiger partial charge in [-0.1, -0.05) is 20.3 Å². The third kappa shape index (κ3) is 2.73. The largest absolute Gasteiger partial charge is 0.329 e. The van der Waals surface area contributed by atoms with E-state index in [0.717, 1.165) is 12.6 Å². The molecule has 2 unspecified atom stereocenters. The first kappa shape index (κ1) is 14.3. The van der Waals surface area contributed by atoms with Crippen LogP contribution in [0.15, 0.2) is 0 Å². The van der Waals surface area contributed by atoms with E-state index in [1.165, 1.54) is 51.9 Å². The van der Waals surface area contributed by atoms with Crippen LogP contribution in [0.5, 0.6) is 0 Å². The van der Waals surface area contributed by atoms with E-state index in [-0.39, 0.29) is 5.54 Å². The van der Waals surface area contributed by atoms with Crippen LogP contribution in [0.4, 0.5) is 0 Å². The summed E-state index contributed by atoms with van der Waals surface area (Å²) in [5, 5.41) is 0. The first-order valence-corrected chi connectivity index (χ1v) is 7.77. The number of piperidine rings is 1. The summed E-state index contributed by atoms with van der Waals surface area (Å²) in [6, 6.07) is 0.787. The van der Waals surface area contributed by atoms with Crippen molar-refractivity contribution >= 4 is 0 Å². The van der Waals surface area contributed by atoms with E-state index in [2.05, 4.69) is 30.6 Å². The zero-order valence-electron chi connectivity index (χ0n) is 12.5. The van der Waals surface area contributed by atoms with Crippen LogP contribution >= 0.6 is 0 Å². The van der Waals surface area contributed by atoms with Crippen LogP contribution < -0.4 is 5.73 Å². The Bertz CT molecular complexity index is 260. The second-order valence-electron chi connectivity index (χ2n) is 6.70. The summed E-state index contributed by atoms with van der Waals surface area (Å²) in [5.41, 5.74) is 6.24. The molecule has 2 fully saturated rings. The van der Waals surface area contributed by atoms with E-state index in [9.17, 15) is 0 Å². The maximum absolute atomic E-state index is 6.06. The normalized spacial score (nSPS) is 30.8. The lowest BCUT2D eigenvalue weighted by Gasteiger charge is -2.42.